The average molecular weight is 343 g/mol. The zero-order chi connectivity index (χ0) is 17.1. The summed E-state index contributed by atoms with van der Waals surface area (Å²) >= 11 is 1.54. The van der Waals surface area contributed by atoms with Crippen molar-refractivity contribution in [3.63, 3.8) is 0 Å². The molecule has 1 aliphatic heterocycles. The molecular formula is C18H21N3O2S. The topological polar surface area (TPSA) is 62.3 Å². The Kier molecular flexibility index (Phi) is 4.94. The second kappa shape index (κ2) is 7.13. The molecule has 2 aromatic rings. The molecule has 6 heteroatoms. The Bertz CT molecular complexity index is 756. The van der Waals surface area contributed by atoms with E-state index in [1.54, 1.807) is 0 Å². The molecule has 1 saturated heterocycles. The maximum absolute atomic E-state index is 12.8. The van der Waals surface area contributed by atoms with Crippen molar-refractivity contribution in [2.45, 2.75) is 39.3 Å². The van der Waals surface area contributed by atoms with E-state index in [0.29, 0.717) is 6.54 Å². The van der Waals surface area contributed by atoms with Crippen LogP contribution in [0.2, 0.25) is 0 Å². The Morgan fingerprint density at radius 1 is 1.33 bits per heavy atom. The van der Waals surface area contributed by atoms with Gasteiger partial charge in [0.1, 0.15) is 0 Å². The summed E-state index contributed by atoms with van der Waals surface area (Å²) in [6.45, 7) is 4.67. The number of nitrogens with zero attached hydrogens (tertiary/aromatic N) is 2. The Labute approximate surface area is 145 Å². The first kappa shape index (κ1) is 16.6. The van der Waals surface area contributed by atoms with Crippen LogP contribution >= 0.6 is 11.3 Å². The van der Waals surface area contributed by atoms with Gasteiger partial charge in [-0.2, -0.15) is 0 Å². The van der Waals surface area contributed by atoms with E-state index in [2.05, 4.69) is 10.3 Å². The fourth-order valence-corrected chi connectivity index (χ4v) is 3.83. The molecule has 0 bridgehead atoms. The molecule has 0 aromatic carbocycles. The lowest BCUT2D eigenvalue weighted by molar-refractivity contribution is -0.119. The Morgan fingerprint density at radius 2 is 2.17 bits per heavy atom. The van der Waals surface area contributed by atoms with Gasteiger partial charge in [-0.25, -0.2) is 0 Å². The highest BCUT2D eigenvalue weighted by molar-refractivity contribution is 7.13. The van der Waals surface area contributed by atoms with Crippen LogP contribution in [0.15, 0.2) is 30.3 Å². The number of thiophene rings is 1. The quantitative estimate of drug-likeness (QED) is 0.928. The van der Waals surface area contributed by atoms with Gasteiger partial charge in [0.2, 0.25) is 5.91 Å². The van der Waals surface area contributed by atoms with Gasteiger partial charge in [-0.15, -0.1) is 11.3 Å². The number of carbonyl (C=O) groups excluding carboxylic acids is 2. The number of amides is 2. The minimum absolute atomic E-state index is 0.0113. The number of carbonyl (C=O) groups is 2. The van der Waals surface area contributed by atoms with Crippen LogP contribution in [0.1, 0.15) is 51.7 Å². The fraction of sp³-hybridized carbons (Fsp3) is 0.389. The van der Waals surface area contributed by atoms with Gasteiger partial charge in [0.25, 0.3) is 5.91 Å². The lowest BCUT2D eigenvalue weighted by atomic mass is 10.1. The fourth-order valence-electron chi connectivity index (χ4n) is 3.01. The maximum Gasteiger partial charge on any atom is 0.264 e. The predicted molar refractivity (Wildman–Crippen MR) is 93.8 cm³/mol. The number of rotatable bonds is 4. The molecule has 0 saturated carbocycles. The van der Waals surface area contributed by atoms with Gasteiger partial charge in [-0.3, -0.25) is 14.6 Å². The Balaban J connectivity index is 1.79. The van der Waals surface area contributed by atoms with E-state index in [1.807, 2.05) is 42.2 Å². The van der Waals surface area contributed by atoms with Crippen molar-refractivity contribution < 1.29 is 9.59 Å². The molecule has 126 valence electrons. The van der Waals surface area contributed by atoms with Crippen molar-refractivity contribution in [1.82, 2.24) is 15.2 Å². The summed E-state index contributed by atoms with van der Waals surface area (Å²) in [7, 11) is 0. The number of pyridine rings is 1. The molecule has 3 heterocycles. The van der Waals surface area contributed by atoms with Crippen LogP contribution < -0.4 is 5.32 Å². The summed E-state index contributed by atoms with van der Waals surface area (Å²) in [6.07, 6.45) is 1.91. The molecule has 1 N–H and O–H groups in total. The molecule has 0 unspecified atom stereocenters. The van der Waals surface area contributed by atoms with Gasteiger partial charge in [-0.05, 0) is 44.0 Å². The van der Waals surface area contributed by atoms with Crippen molar-refractivity contribution in [3.05, 3.63) is 51.5 Å². The summed E-state index contributed by atoms with van der Waals surface area (Å²) in [6, 6.07) is 9.69. The van der Waals surface area contributed by atoms with Crippen molar-refractivity contribution in [2.24, 2.45) is 0 Å². The third-order valence-electron chi connectivity index (χ3n) is 4.15. The number of hydrogen-bond acceptors (Lipinski definition) is 4. The highest BCUT2D eigenvalue weighted by Crippen LogP contribution is 2.33. The molecule has 1 atom stereocenters. The minimum atomic E-state index is -0.0760. The van der Waals surface area contributed by atoms with Crippen molar-refractivity contribution >= 4 is 23.2 Å². The van der Waals surface area contributed by atoms with Gasteiger partial charge in [0.15, 0.2) is 0 Å². The molecule has 5 nitrogen and oxygen atoms in total. The summed E-state index contributed by atoms with van der Waals surface area (Å²) < 4.78 is 0. The molecule has 0 aliphatic carbocycles. The van der Waals surface area contributed by atoms with Crippen molar-refractivity contribution in [3.8, 4) is 0 Å². The predicted octanol–water partition coefficient (Wildman–Crippen LogP) is 3.06. The van der Waals surface area contributed by atoms with Gasteiger partial charge in [0, 0.05) is 18.3 Å². The number of likely N-dealkylation sites (tertiary alicyclic amines) is 1. The zero-order valence-electron chi connectivity index (χ0n) is 13.9. The van der Waals surface area contributed by atoms with Crippen LogP contribution in [0, 0.1) is 6.92 Å². The normalized spacial score (nSPS) is 17.1. The van der Waals surface area contributed by atoms with Crippen LogP contribution in [-0.4, -0.2) is 28.2 Å². The number of aromatic nitrogens is 1. The van der Waals surface area contributed by atoms with Gasteiger partial charge >= 0.3 is 0 Å². The smallest absolute Gasteiger partial charge is 0.264 e. The first-order valence-corrected chi connectivity index (χ1v) is 8.94. The third kappa shape index (κ3) is 3.64. The largest absolute Gasteiger partial charge is 0.351 e. The van der Waals surface area contributed by atoms with E-state index in [9.17, 15) is 9.59 Å². The molecule has 0 radical (unpaired) electrons. The molecule has 1 aliphatic rings. The minimum Gasteiger partial charge on any atom is -0.351 e. The van der Waals surface area contributed by atoms with E-state index in [4.69, 9.17) is 0 Å². The standard InChI is InChI=1S/C18H21N3O2S/c1-12-8-9-17(24-12)18(23)21-10-4-7-16(21)15-6-3-5-14(20-15)11-19-13(2)22/h3,5-6,8-9,16H,4,7,10-11H2,1-2H3,(H,19,22)/t16-/m0/s1. The third-order valence-corrected chi connectivity index (χ3v) is 5.14. The highest BCUT2D eigenvalue weighted by atomic mass is 32.1. The molecule has 24 heavy (non-hydrogen) atoms. The second-order valence-electron chi connectivity index (χ2n) is 6.03. The summed E-state index contributed by atoms with van der Waals surface area (Å²) in [5, 5.41) is 2.76. The number of aryl methyl sites for hydroxylation is 1. The van der Waals surface area contributed by atoms with Gasteiger partial charge in [0.05, 0.1) is 28.9 Å². The van der Waals surface area contributed by atoms with E-state index < -0.39 is 0 Å². The zero-order valence-corrected chi connectivity index (χ0v) is 14.7. The van der Waals surface area contributed by atoms with Crippen LogP contribution in [0.25, 0.3) is 0 Å². The van der Waals surface area contributed by atoms with Gasteiger partial charge in [-0.1, -0.05) is 6.07 Å². The average Bonchev–Trinajstić information content (AvgIpc) is 3.21. The van der Waals surface area contributed by atoms with Crippen LogP contribution in [-0.2, 0) is 11.3 Å². The van der Waals surface area contributed by atoms with E-state index in [1.165, 1.54) is 18.3 Å². The molecule has 0 spiro atoms. The van der Waals surface area contributed by atoms with Crippen LogP contribution in [0.3, 0.4) is 0 Å². The monoisotopic (exact) mass is 343 g/mol. The molecular weight excluding hydrogens is 322 g/mol. The maximum atomic E-state index is 12.8. The highest BCUT2D eigenvalue weighted by Gasteiger charge is 2.32. The van der Waals surface area contributed by atoms with Crippen molar-refractivity contribution in [2.75, 3.05) is 6.54 Å². The first-order chi connectivity index (χ1) is 11.5. The lowest BCUT2D eigenvalue weighted by Crippen LogP contribution is -2.30. The second-order valence-corrected chi connectivity index (χ2v) is 7.32. The molecule has 2 amide bonds. The number of nitrogens with one attached hydrogen (secondary N) is 1. The molecule has 2 aromatic heterocycles. The van der Waals surface area contributed by atoms with Crippen molar-refractivity contribution in [1.29, 1.82) is 0 Å². The Hall–Kier alpha value is -2.21. The SMILES string of the molecule is CC(=O)NCc1cccc([C@@H]2CCCN2C(=O)c2ccc(C)s2)n1. The molecule has 1 fully saturated rings. The number of hydrogen-bond donors (Lipinski definition) is 1. The molecule has 3 rings (SSSR count). The first-order valence-electron chi connectivity index (χ1n) is 8.12. The van der Waals surface area contributed by atoms with Crippen LogP contribution in [0.5, 0.6) is 0 Å². The Morgan fingerprint density at radius 3 is 2.88 bits per heavy atom. The van der Waals surface area contributed by atoms with E-state index >= 15 is 0 Å². The van der Waals surface area contributed by atoms with Crippen LogP contribution in [0.4, 0.5) is 0 Å². The summed E-state index contributed by atoms with van der Waals surface area (Å²) in [5.74, 6) is 0.0117. The van der Waals surface area contributed by atoms with E-state index in [-0.39, 0.29) is 17.9 Å². The van der Waals surface area contributed by atoms with E-state index in [0.717, 1.165) is 40.5 Å². The summed E-state index contributed by atoms with van der Waals surface area (Å²) in [5.41, 5.74) is 1.71. The summed E-state index contributed by atoms with van der Waals surface area (Å²) in [4.78, 5) is 32.4. The van der Waals surface area contributed by atoms with Gasteiger partial charge < -0.3 is 10.2 Å². The lowest BCUT2D eigenvalue weighted by Gasteiger charge is -2.24.